The van der Waals surface area contributed by atoms with Crippen molar-refractivity contribution in [3.63, 3.8) is 0 Å². The van der Waals surface area contributed by atoms with Crippen molar-refractivity contribution in [2.75, 3.05) is 5.32 Å². The first-order valence-corrected chi connectivity index (χ1v) is 5.27. The van der Waals surface area contributed by atoms with Crippen LogP contribution in [0, 0.1) is 0 Å². The molecule has 0 bridgehead atoms. The van der Waals surface area contributed by atoms with Gasteiger partial charge in [-0.3, -0.25) is 0 Å². The molecule has 0 saturated carbocycles. The Kier molecular flexibility index (Phi) is 2.46. The molecule has 1 heterocycles. The van der Waals surface area contributed by atoms with Gasteiger partial charge in [0.2, 0.25) is 0 Å². The second kappa shape index (κ2) is 3.67. The number of hydrogen-bond donors (Lipinski definition) is 1. The largest absolute Gasteiger partial charge is 0.423 e. The first kappa shape index (κ1) is 10.7. The van der Waals surface area contributed by atoms with E-state index in [-0.39, 0.29) is 11.2 Å². The smallest absolute Gasteiger partial charge is 0.338 e. The Morgan fingerprint density at radius 2 is 1.88 bits per heavy atom. The lowest BCUT2D eigenvalue weighted by atomic mass is 10.1. The molecule has 0 fully saturated rings. The van der Waals surface area contributed by atoms with E-state index in [1.165, 1.54) is 6.07 Å². The Morgan fingerprint density at radius 3 is 2.56 bits per heavy atom. The van der Waals surface area contributed by atoms with Crippen molar-refractivity contribution in [1.82, 2.24) is 0 Å². The molecule has 3 heteroatoms. The highest BCUT2D eigenvalue weighted by molar-refractivity contribution is 5.89. The van der Waals surface area contributed by atoms with Crippen LogP contribution in [-0.2, 0) is 0 Å². The first-order valence-electron chi connectivity index (χ1n) is 5.27. The number of benzene rings is 1. The van der Waals surface area contributed by atoms with Crippen molar-refractivity contribution in [2.24, 2.45) is 0 Å². The molecule has 1 aromatic heterocycles. The van der Waals surface area contributed by atoms with Crippen LogP contribution in [0.25, 0.3) is 11.0 Å². The third-order valence-electron chi connectivity index (χ3n) is 2.16. The van der Waals surface area contributed by atoms with Gasteiger partial charge in [0.15, 0.2) is 0 Å². The van der Waals surface area contributed by atoms with Gasteiger partial charge in [-0.05, 0) is 32.9 Å². The molecule has 3 nitrogen and oxygen atoms in total. The van der Waals surface area contributed by atoms with E-state index in [0.717, 1.165) is 11.1 Å². The summed E-state index contributed by atoms with van der Waals surface area (Å²) in [7, 11) is 0. The Labute approximate surface area is 94.1 Å². The summed E-state index contributed by atoms with van der Waals surface area (Å²) in [5.74, 6) is 0. The summed E-state index contributed by atoms with van der Waals surface area (Å²) < 4.78 is 5.12. The highest BCUT2D eigenvalue weighted by Gasteiger charge is 2.12. The van der Waals surface area contributed by atoms with E-state index in [9.17, 15) is 4.79 Å². The Bertz CT molecular complexity index is 564. The number of fused-ring (bicyclic) bond motifs is 1. The molecule has 16 heavy (non-hydrogen) atoms. The van der Waals surface area contributed by atoms with Crippen LogP contribution in [0.4, 0.5) is 5.69 Å². The van der Waals surface area contributed by atoms with Crippen molar-refractivity contribution in [1.29, 1.82) is 0 Å². The molecule has 1 N–H and O–H groups in total. The van der Waals surface area contributed by atoms with E-state index in [1.807, 2.05) is 18.2 Å². The third-order valence-corrected chi connectivity index (χ3v) is 2.16. The average molecular weight is 217 g/mol. The lowest BCUT2D eigenvalue weighted by Crippen LogP contribution is -2.26. The van der Waals surface area contributed by atoms with Gasteiger partial charge in [0.1, 0.15) is 5.58 Å². The van der Waals surface area contributed by atoms with E-state index in [2.05, 4.69) is 26.1 Å². The predicted octanol–water partition coefficient (Wildman–Crippen LogP) is 3.00. The van der Waals surface area contributed by atoms with Gasteiger partial charge in [0, 0.05) is 17.0 Å². The summed E-state index contributed by atoms with van der Waals surface area (Å²) in [5.41, 5.74) is 1.02. The minimum Gasteiger partial charge on any atom is -0.423 e. The number of anilines is 1. The summed E-state index contributed by atoms with van der Waals surface area (Å²) >= 11 is 0. The number of nitrogens with one attached hydrogen (secondary N) is 1. The molecule has 0 amide bonds. The highest BCUT2D eigenvalue weighted by Crippen LogP contribution is 2.23. The van der Waals surface area contributed by atoms with Crippen LogP contribution in [-0.4, -0.2) is 5.54 Å². The Balaban J connectivity index is 2.64. The van der Waals surface area contributed by atoms with Crippen LogP contribution >= 0.6 is 0 Å². The normalized spacial score (nSPS) is 11.7. The van der Waals surface area contributed by atoms with Crippen LogP contribution in [0.1, 0.15) is 20.8 Å². The van der Waals surface area contributed by atoms with Crippen LogP contribution in [0.5, 0.6) is 0 Å². The lowest BCUT2D eigenvalue weighted by Gasteiger charge is -2.22. The fraction of sp³-hybridized carbons (Fsp3) is 0.308. The zero-order valence-electron chi connectivity index (χ0n) is 9.70. The molecule has 0 radical (unpaired) electrons. The molecule has 0 atom stereocenters. The van der Waals surface area contributed by atoms with Crippen molar-refractivity contribution >= 4 is 16.7 Å². The van der Waals surface area contributed by atoms with Gasteiger partial charge in [0.05, 0.1) is 5.69 Å². The quantitative estimate of drug-likeness (QED) is 0.746. The SMILES string of the molecule is CC(C)(C)Nc1cc(=O)oc2ccccc12. The molecule has 1 aromatic carbocycles. The molecular weight excluding hydrogens is 202 g/mol. The summed E-state index contributed by atoms with van der Waals surface area (Å²) in [6, 6.07) is 9.01. The second-order valence-electron chi connectivity index (χ2n) is 4.85. The van der Waals surface area contributed by atoms with Gasteiger partial charge in [0.25, 0.3) is 0 Å². The van der Waals surface area contributed by atoms with Gasteiger partial charge in [-0.15, -0.1) is 0 Å². The van der Waals surface area contributed by atoms with Gasteiger partial charge in [-0.1, -0.05) is 12.1 Å². The fourth-order valence-electron chi connectivity index (χ4n) is 1.62. The fourth-order valence-corrected chi connectivity index (χ4v) is 1.62. The second-order valence-corrected chi connectivity index (χ2v) is 4.85. The van der Waals surface area contributed by atoms with Crippen molar-refractivity contribution in [3.05, 3.63) is 40.8 Å². The maximum Gasteiger partial charge on any atom is 0.338 e. The van der Waals surface area contributed by atoms with Crippen molar-refractivity contribution in [2.45, 2.75) is 26.3 Å². The maximum atomic E-state index is 11.4. The van der Waals surface area contributed by atoms with E-state index in [4.69, 9.17) is 4.42 Å². The molecule has 0 unspecified atom stereocenters. The Morgan fingerprint density at radius 1 is 1.19 bits per heavy atom. The van der Waals surface area contributed by atoms with Crippen LogP contribution in [0.2, 0.25) is 0 Å². The average Bonchev–Trinajstić information content (AvgIpc) is 2.14. The minimum atomic E-state index is -0.328. The van der Waals surface area contributed by atoms with Crippen molar-refractivity contribution in [3.8, 4) is 0 Å². The molecule has 0 aliphatic heterocycles. The topological polar surface area (TPSA) is 42.2 Å². The summed E-state index contributed by atoms with van der Waals surface area (Å²) in [6.07, 6.45) is 0. The van der Waals surface area contributed by atoms with Crippen molar-refractivity contribution < 1.29 is 4.42 Å². The third kappa shape index (κ3) is 2.24. The number of rotatable bonds is 1. The summed E-state index contributed by atoms with van der Waals surface area (Å²) in [5, 5.41) is 4.23. The van der Waals surface area contributed by atoms with E-state index >= 15 is 0 Å². The van der Waals surface area contributed by atoms with E-state index in [0.29, 0.717) is 5.58 Å². The highest BCUT2D eigenvalue weighted by atomic mass is 16.4. The van der Waals surface area contributed by atoms with Gasteiger partial charge >= 0.3 is 5.63 Å². The molecule has 0 saturated heterocycles. The molecular formula is C13H15NO2. The number of para-hydroxylation sites is 1. The zero-order valence-corrected chi connectivity index (χ0v) is 9.70. The Hall–Kier alpha value is -1.77. The summed E-state index contributed by atoms with van der Waals surface area (Å²) in [6.45, 7) is 6.16. The lowest BCUT2D eigenvalue weighted by molar-refractivity contribution is 0.559. The zero-order chi connectivity index (χ0) is 11.8. The first-order chi connectivity index (χ1) is 7.46. The van der Waals surface area contributed by atoms with Crippen LogP contribution in [0.15, 0.2) is 39.5 Å². The number of hydrogen-bond acceptors (Lipinski definition) is 3. The predicted molar refractivity (Wildman–Crippen MR) is 65.9 cm³/mol. The standard InChI is InChI=1S/C13H15NO2/c1-13(2,3)14-10-8-12(15)16-11-7-5-4-6-9(10)11/h4-8,14H,1-3H3. The monoisotopic (exact) mass is 217 g/mol. The minimum absolute atomic E-state index is 0.0867. The maximum absolute atomic E-state index is 11.4. The van der Waals surface area contributed by atoms with Gasteiger partial charge in [-0.2, -0.15) is 0 Å². The molecule has 0 aliphatic carbocycles. The molecule has 2 aromatic rings. The molecule has 2 rings (SSSR count). The van der Waals surface area contributed by atoms with E-state index < -0.39 is 0 Å². The molecule has 0 spiro atoms. The van der Waals surface area contributed by atoms with Crippen LogP contribution < -0.4 is 10.9 Å². The van der Waals surface area contributed by atoms with E-state index in [1.54, 1.807) is 6.07 Å². The molecule has 84 valence electrons. The van der Waals surface area contributed by atoms with Gasteiger partial charge < -0.3 is 9.73 Å². The molecule has 0 aliphatic rings. The van der Waals surface area contributed by atoms with Crippen LogP contribution in [0.3, 0.4) is 0 Å². The summed E-state index contributed by atoms with van der Waals surface area (Å²) in [4.78, 5) is 11.4. The van der Waals surface area contributed by atoms with Gasteiger partial charge in [-0.25, -0.2) is 4.79 Å².